The monoisotopic (exact) mass is 353 g/mol. The minimum Gasteiger partial charge on any atom is -0.506 e. The predicted molar refractivity (Wildman–Crippen MR) is 92.9 cm³/mol. The van der Waals surface area contributed by atoms with E-state index in [1.165, 1.54) is 0 Å². The summed E-state index contributed by atoms with van der Waals surface area (Å²) in [6.07, 6.45) is 0. The first-order valence-electron chi connectivity index (χ1n) is 6.96. The molecule has 2 aromatic rings. The van der Waals surface area contributed by atoms with Crippen LogP contribution < -0.4 is 10.1 Å². The molecule has 122 valence electrons. The summed E-state index contributed by atoms with van der Waals surface area (Å²) in [4.78, 5) is 12.0. The quantitative estimate of drug-likeness (QED) is 0.787. The highest BCUT2D eigenvalue weighted by molar-refractivity contribution is 6.35. The minimum atomic E-state index is -0.394. The van der Waals surface area contributed by atoms with Crippen LogP contribution in [0.25, 0.3) is 0 Å². The molecule has 0 unspecified atom stereocenters. The zero-order chi connectivity index (χ0) is 17.1. The average Bonchev–Trinajstić information content (AvgIpc) is 2.43. The van der Waals surface area contributed by atoms with Gasteiger partial charge in [0.1, 0.15) is 11.5 Å². The zero-order valence-electron chi connectivity index (χ0n) is 13.0. The standard InChI is InChI=1S/C17H17Cl2NO3/c1-9-5-14(15(21)6-10(9)2)20-16(22)8-23-17-11(3)4-12(18)7-13(17)19/h4-7,21H,8H2,1-3H3,(H,20,22). The summed E-state index contributed by atoms with van der Waals surface area (Å²) in [5.74, 6) is 0.0339. The number of hydrogen-bond donors (Lipinski definition) is 2. The number of amides is 1. The largest absolute Gasteiger partial charge is 0.506 e. The Morgan fingerprint density at radius 1 is 1.09 bits per heavy atom. The van der Waals surface area contributed by atoms with E-state index in [1.54, 1.807) is 31.2 Å². The molecule has 4 nitrogen and oxygen atoms in total. The Labute approximate surface area is 145 Å². The molecule has 0 fully saturated rings. The van der Waals surface area contributed by atoms with Crippen LogP contribution in [0.3, 0.4) is 0 Å². The Balaban J connectivity index is 2.05. The number of rotatable bonds is 4. The summed E-state index contributed by atoms with van der Waals surface area (Å²) >= 11 is 12.0. The number of halogens is 2. The SMILES string of the molecule is Cc1cc(O)c(NC(=O)COc2c(C)cc(Cl)cc2Cl)cc1C. The number of aromatic hydroxyl groups is 1. The molecule has 2 rings (SSSR count). The molecule has 0 aromatic heterocycles. The van der Waals surface area contributed by atoms with E-state index in [4.69, 9.17) is 27.9 Å². The van der Waals surface area contributed by atoms with Crippen LogP contribution in [0.4, 0.5) is 5.69 Å². The molecule has 23 heavy (non-hydrogen) atoms. The van der Waals surface area contributed by atoms with Gasteiger partial charge >= 0.3 is 0 Å². The van der Waals surface area contributed by atoms with Crippen molar-refractivity contribution in [2.75, 3.05) is 11.9 Å². The molecule has 2 aromatic carbocycles. The maximum Gasteiger partial charge on any atom is 0.262 e. The summed E-state index contributed by atoms with van der Waals surface area (Å²) in [6, 6.07) is 6.57. The first-order chi connectivity index (χ1) is 10.8. The van der Waals surface area contributed by atoms with E-state index in [1.807, 2.05) is 13.8 Å². The molecule has 0 aliphatic carbocycles. The third kappa shape index (κ3) is 4.30. The van der Waals surface area contributed by atoms with Crippen molar-refractivity contribution < 1.29 is 14.6 Å². The van der Waals surface area contributed by atoms with Crippen molar-refractivity contribution in [2.24, 2.45) is 0 Å². The number of benzene rings is 2. The first-order valence-corrected chi connectivity index (χ1v) is 7.72. The molecule has 6 heteroatoms. The van der Waals surface area contributed by atoms with Crippen molar-refractivity contribution >= 4 is 34.8 Å². The lowest BCUT2D eigenvalue weighted by atomic mass is 10.1. The van der Waals surface area contributed by atoms with Crippen molar-refractivity contribution in [3.63, 3.8) is 0 Å². The molecular weight excluding hydrogens is 337 g/mol. The van der Waals surface area contributed by atoms with Gasteiger partial charge in [-0.15, -0.1) is 0 Å². The highest BCUT2D eigenvalue weighted by Crippen LogP contribution is 2.32. The number of nitrogens with one attached hydrogen (secondary N) is 1. The molecule has 0 saturated heterocycles. The minimum absolute atomic E-state index is 0.0159. The number of carbonyl (C=O) groups is 1. The summed E-state index contributed by atoms with van der Waals surface area (Å²) in [7, 11) is 0. The topological polar surface area (TPSA) is 58.6 Å². The van der Waals surface area contributed by atoms with Gasteiger partial charge in [-0.2, -0.15) is 0 Å². The van der Waals surface area contributed by atoms with Crippen LogP contribution in [0.1, 0.15) is 16.7 Å². The van der Waals surface area contributed by atoms with Crippen LogP contribution in [0, 0.1) is 20.8 Å². The van der Waals surface area contributed by atoms with E-state index in [9.17, 15) is 9.90 Å². The normalized spacial score (nSPS) is 10.5. The van der Waals surface area contributed by atoms with Crippen LogP contribution >= 0.6 is 23.2 Å². The lowest BCUT2D eigenvalue weighted by molar-refractivity contribution is -0.118. The van der Waals surface area contributed by atoms with E-state index in [0.29, 0.717) is 21.5 Å². The number of carbonyl (C=O) groups excluding carboxylic acids is 1. The molecule has 0 saturated carbocycles. The summed E-state index contributed by atoms with van der Waals surface area (Å²) in [6.45, 7) is 5.35. The maximum atomic E-state index is 12.0. The van der Waals surface area contributed by atoms with Crippen LogP contribution in [0.2, 0.25) is 10.0 Å². The lowest BCUT2D eigenvalue weighted by Crippen LogP contribution is -2.20. The number of aryl methyl sites for hydroxylation is 3. The molecular formula is C17H17Cl2NO3. The fourth-order valence-corrected chi connectivity index (χ4v) is 2.75. The molecule has 0 radical (unpaired) electrons. The second-order valence-electron chi connectivity index (χ2n) is 5.32. The number of ether oxygens (including phenoxy) is 1. The second kappa shape index (κ2) is 7.11. The average molecular weight is 354 g/mol. The highest BCUT2D eigenvalue weighted by atomic mass is 35.5. The first kappa shape index (κ1) is 17.4. The van der Waals surface area contributed by atoms with Gasteiger partial charge in [0.25, 0.3) is 5.91 Å². The van der Waals surface area contributed by atoms with Gasteiger partial charge in [-0.25, -0.2) is 0 Å². The van der Waals surface area contributed by atoms with Gasteiger partial charge < -0.3 is 15.2 Å². The van der Waals surface area contributed by atoms with Gasteiger partial charge in [0.15, 0.2) is 6.61 Å². The smallest absolute Gasteiger partial charge is 0.262 e. The van der Waals surface area contributed by atoms with Gasteiger partial charge in [-0.1, -0.05) is 23.2 Å². The third-order valence-corrected chi connectivity index (χ3v) is 3.93. The number of anilines is 1. The number of hydrogen-bond acceptors (Lipinski definition) is 3. The Kier molecular flexibility index (Phi) is 5.39. The summed E-state index contributed by atoms with van der Waals surface area (Å²) in [5, 5.41) is 13.3. The second-order valence-corrected chi connectivity index (χ2v) is 6.17. The Morgan fingerprint density at radius 2 is 1.74 bits per heavy atom. The van der Waals surface area contributed by atoms with Gasteiger partial charge in [-0.05, 0) is 61.7 Å². The van der Waals surface area contributed by atoms with Gasteiger partial charge in [-0.3, -0.25) is 4.79 Å². The fraction of sp³-hybridized carbons (Fsp3) is 0.235. The van der Waals surface area contributed by atoms with Crippen molar-refractivity contribution in [1.82, 2.24) is 0 Å². The molecule has 0 aliphatic rings. The van der Waals surface area contributed by atoms with Crippen molar-refractivity contribution in [3.8, 4) is 11.5 Å². The Morgan fingerprint density at radius 3 is 2.39 bits per heavy atom. The molecule has 1 amide bonds. The maximum absolute atomic E-state index is 12.0. The van der Waals surface area contributed by atoms with E-state index in [0.717, 1.165) is 16.7 Å². The van der Waals surface area contributed by atoms with E-state index in [2.05, 4.69) is 5.32 Å². The predicted octanol–water partition coefficient (Wildman–Crippen LogP) is 4.64. The van der Waals surface area contributed by atoms with E-state index in [-0.39, 0.29) is 12.4 Å². The summed E-state index contributed by atoms with van der Waals surface area (Å²) < 4.78 is 5.47. The lowest BCUT2D eigenvalue weighted by Gasteiger charge is -2.13. The summed E-state index contributed by atoms with van der Waals surface area (Å²) in [5.41, 5.74) is 3.00. The van der Waals surface area contributed by atoms with Gasteiger partial charge in [0.05, 0.1) is 10.7 Å². The molecule has 0 bridgehead atoms. The van der Waals surface area contributed by atoms with Crippen LogP contribution in [0.15, 0.2) is 24.3 Å². The van der Waals surface area contributed by atoms with Crippen LogP contribution in [-0.2, 0) is 4.79 Å². The molecule has 0 atom stereocenters. The van der Waals surface area contributed by atoms with Crippen molar-refractivity contribution in [2.45, 2.75) is 20.8 Å². The fourth-order valence-electron chi connectivity index (χ4n) is 2.10. The van der Waals surface area contributed by atoms with Crippen molar-refractivity contribution in [3.05, 3.63) is 51.0 Å². The van der Waals surface area contributed by atoms with Crippen molar-refractivity contribution in [1.29, 1.82) is 0 Å². The van der Waals surface area contributed by atoms with Gasteiger partial charge in [0.2, 0.25) is 0 Å². The highest BCUT2D eigenvalue weighted by Gasteiger charge is 2.12. The molecule has 0 spiro atoms. The molecule has 0 heterocycles. The zero-order valence-corrected chi connectivity index (χ0v) is 14.5. The Bertz CT molecular complexity index is 737. The van der Waals surface area contributed by atoms with E-state index < -0.39 is 5.91 Å². The van der Waals surface area contributed by atoms with Crippen LogP contribution in [0.5, 0.6) is 11.5 Å². The number of phenols is 1. The van der Waals surface area contributed by atoms with Crippen LogP contribution in [-0.4, -0.2) is 17.6 Å². The number of phenolic OH excluding ortho intramolecular Hbond substituents is 1. The molecule has 0 aliphatic heterocycles. The van der Waals surface area contributed by atoms with Gasteiger partial charge in [0, 0.05) is 5.02 Å². The van der Waals surface area contributed by atoms with E-state index >= 15 is 0 Å². The molecule has 2 N–H and O–H groups in total. The third-order valence-electron chi connectivity index (χ3n) is 3.43. The Hall–Kier alpha value is -1.91.